The summed E-state index contributed by atoms with van der Waals surface area (Å²) < 4.78 is 3.27. The van der Waals surface area contributed by atoms with Crippen LogP contribution in [0.1, 0.15) is 10.4 Å². The summed E-state index contributed by atoms with van der Waals surface area (Å²) in [6.07, 6.45) is 0. The molecule has 0 amide bonds. The summed E-state index contributed by atoms with van der Waals surface area (Å²) in [6, 6.07) is 15.6. The molecule has 0 radical (unpaired) electrons. The third-order valence-corrected chi connectivity index (χ3v) is 5.59. The number of carbonyl (C=O) groups is 1. The van der Waals surface area contributed by atoms with Crippen LogP contribution in [-0.4, -0.2) is 11.5 Å². The van der Waals surface area contributed by atoms with E-state index in [2.05, 4.69) is 27.0 Å². The molecule has 0 aliphatic rings. The SMILES string of the molecule is O=C(CSc1[nH+]c2ccccc2s1)c1ccc(Br)cc1. The second-order valence-electron chi connectivity index (χ2n) is 4.23. The molecule has 3 rings (SSSR count). The fourth-order valence-electron chi connectivity index (χ4n) is 1.81. The molecule has 0 aliphatic heterocycles. The van der Waals surface area contributed by atoms with E-state index in [1.54, 1.807) is 23.1 Å². The molecule has 0 spiro atoms. The maximum atomic E-state index is 12.1. The van der Waals surface area contributed by atoms with Crippen molar-refractivity contribution in [3.8, 4) is 0 Å². The van der Waals surface area contributed by atoms with E-state index in [1.165, 1.54) is 4.70 Å². The van der Waals surface area contributed by atoms with Crippen molar-refractivity contribution in [1.29, 1.82) is 0 Å². The van der Waals surface area contributed by atoms with Crippen molar-refractivity contribution in [2.45, 2.75) is 4.34 Å². The monoisotopic (exact) mass is 364 g/mol. The summed E-state index contributed by atoms with van der Waals surface area (Å²) in [4.78, 5) is 15.4. The number of carbonyl (C=O) groups excluding carboxylic acids is 1. The third kappa shape index (κ3) is 3.11. The molecule has 100 valence electrons. The molecule has 0 fully saturated rings. The van der Waals surface area contributed by atoms with E-state index in [9.17, 15) is 4.79 Å². The Bertz CT molecular complexity index is 719. The van der Waals surface area contributed by atoms with Crippen molar-refractivity contribution in [2.75, 3.05) is 5.75 Å². The molecule has 0 saturated carbocycles. The molecule has 0 saturated heterocycles. The van der Waals surface area contributed by atoms with Crippen LogP contribution in [0.5, 0.6) is 0 Å². The van der Waals surface area contributed by atoms with Gasteiger partial charge in [0.2, 0.25) is 5.52 Å². The highest BCUT2D eigenvalue weighted by Gasteiger charge is 2.14. The lowest BCUT2D eigenvalue weighted by atomic mass is 10.2. The van der Waals surface area contributed by atoms with Crippen molar-refractivity contribution in [2.24, 2.45) is 0 Å². The van der Waals surface area contributed by atoms with Crippen LogP contribution < -0.4 is 4.98 Å². The number of para-hydroxylation sites is 1. The molecule has 3 aromatic rings. The second-order valence-corrected chi connectivity index (χ2v) is 7.44. The maximum Gasteiger partial charge on any atom is 0.297 e. The minimum Gasteiger partial charge on any atom is -0.293 e. The highest BCUT2D eigenvalue weighted by atomic mass is 79.9. The van der Waals surface area contributed by atoms with Crippen LogP contribution >= 0.6 is 39.0 Å². The molecule has 2 aromatic carbocycles. The Balaban J connectivity index is 1.69. The predicted octanol–water partition coefficient (Wildman–Crippen LogP) is 4.45. The molecular formula is C15H11BrNOS2+. The van der Waals surface area contributed by atoms with Crippen molar-refractivity contribution in [3.63, 3.8) is 0 Å². The lowest BCUT2D eigenvalue weighted by Crippen LogP contribution is -2.05. The van der Waals surface area contributed by atoms with E-state index < -0.39 is 0 Å². The van der Waals surface area contributed by atoms with Gasteiger partial charge in [0.15, 0.2) is 5.78 Å². The highest BCUT2D eigenvalue weighted by molar-refractivity contribution is 9.10. The number of rotatable bonds is 4. The maximum absolute atomic E-state index is 12.1. The number of Topliss-reactive ketones (excluding diaryl/α,β-unsaturated/α-hetero) is 1. The van der Waals surface area contributed by atoms with Crippen molar-refractivity contribution in [1.82, 2.24) is 0 Å². The van der Waals surface area contributed by atoms with Crippen LogP contribution in [0, 0.1) is 0 Å². The molecular weight excluding hydrogens is 354 g/mol. The third-order valence-electron chi connectivity index (χ3n) is 2.83. The molecule has 2 nitrogen and oxygen atoms in total. The Morgan fingerprint density at radius 1 is 1.15 bits per heavy atom. The normalized spacial score (nSPS) is 10.8. The van der Waals surface area contributed by atoms with E-state index in [4.69, 9.17) is 0 Å². The Kier molecular flexibility index (Phi) is 4.19. The van der Waals surface area contributed by atoms with Gasteiger partial charge in [-0.15, -0.1) is 0 Å². The van der Waals surface area contributed by atoms with E-state index in [0.29, 0.717) is 5.75 Å². The lowest BCUT2D eigenvalue weighted by molar-refractivity contribution is -0.385. The number of benzene rings is 2. The number of halogens is 1. The molecule has 20 heavy (non-hydrogen) atoms. The quantitative estimate of drug-likeness (QED) is 0.505. The number of nitrogens with one attached hydrogen (secondary N) is 1. The first-order chi connectivity index (χ1) is 9.72. The molecule has 1 N–H and O–H groups in total. The zero-order valence-corrected chi connectivity index (χ0v) is 13.6. The van der Waals surface area contributed by atoms with Crippen LogP contribution in [0.3, 0.4) is 0 Å². The Morgan fingerprint density at radius 3 is 2.65 bits per heavy atom. The summed E-state index contributed by atoms with van der Waals surface area (Å²) in [7, 11) is 0. The largest absolute Gasteiger partial charge is 0.297 e. The number of hydrogen-bond acceptors (Lipinski definition) is 3. The number of thioether (sulfide) groups is 1. The summed E-state index contributed by atoms with van der Waals surface area (Å²) in [5.41, 5.74) is 1.87. The van der Waals surface area contributed by atoms with Crippen LogP contribution in [-0.2, 0) is 0 Å². The van der Waals surface area contributed by atoms with Crippen LogP contribution in [0.15, 0.2) is 57.3 Å². The number of ketones is 1. The molecule has 0 atom stereocenters. The van der Waals surface area contributed by atoms with Crippen LogP contribution in [0.25, 0.3) is 10.2 Å². The van der Waals surface area contributed by atoms with Gasteiger partial charge < -0.3 is 0 Å². The zero-order chi connectivity index (χ0) is 13.9. The molecule has 0 bridgehead atoms. The van der Waals surface area contributed by atoms with E-state index in [0.717, 1.165) is 19.9 Å². The number of aromatic nitrogens is 1. The Labute approximate surface area is 133 Å². The smallest absolute Gasteiger partial charge is 0.293 e. The fraction of sp³-hybridized carbons (Fsp3) is 0.0667. The molecule has 1 heterocycles. The van der Waals surface area contributed by atoms with Gasteiger partial charge in [-0.1, -0.05) is 51.5 Å². The number of thiazole rings is 1. The standard InChI is InChI=1S/C15H10BrNOS2/c16-11-7-5-10(6-8-11)13(18)9-19-15-17-12-3-1-2-4-14(12)20-15/h1-8H,9H2/p+1. The van der Waals surface area contributed by atoms with Crippen molar-refractivity contribution < 1.29 is 9.78 Å². The minimum absolute atomic E-state index is 0.147. The minimum atomic E-state index is 0.147. The van der Waals surface area contributed by atoms with Gasteiger partial charge >= 0.3 is 0 Å². The Hall–Kier alpha value is -1.17. The van der Waals surface area contributed by atoms with Crippen LogP contribution in [0.2, 0.25) is 0 Å². The summed E-state index contributed by atoms with van der Waals surface area (Å²) >= 11 is 6.61. The van der Waals surface area contributed by atoms with Crippen molar-refractivity contribution in [3.05, 3.63) is 58.6 Å². The van der Waals surface area contributed by atoms with Gasteiger partial charge in [0.1, 0.15) is 4.70 Å². The van der Waals surface area contributed by atoms with Gasteiger partial charge in [-0.3, -0.25) is 4.79 Å². The van der Waals surface area contributed by atoms with E-state index in [1.807, 2.05) is 42.5 Å². The van der Waals surface area contributed by atoms with Gasteiger partial charge in [0.05, 0.1) is 5.75 Å². The number of aromatic amines is 1. The van der Waals surface area contributed by atoms with Gasteiger partial charge in [0.25, 0.3) is 4.34 Å². The number of fused-ring (bicyclic) bond motifs is 1. The highest BCUT2D eigenvalue weighted by Crippen LogP contribution is 2.26. The van der Waals surface area contributed by atoms with Gasteiger partial charge in [0, 0.05) is 16.1 Å². The lowest BCUT2D eigenvalue weighted by Gasteiger charge is -1.98. The van der Waals surface area contributed by atoms with E-state index >= 15 is 0 Å². The molecule has 1 aromatic heterocycles. The van der Waals surface area contributed by atoms with Gasteiger partial charge in [-0.25, -0.2) is 0 Å². The van der Waals surface area contributed by atoms with Crippen LogP contribution in [0.4, 0.5) is 0 Å². The summed E-state index contributed by atoms with van der Waals surface area (Å²) in [5, 5.41) is 0. The van der Waals surface area contributed by atoms with E-state index in [-0.39, 0.29) is 5.78 Å². The first kappa shape index (κ1) is 13.8. The second kappa shape index (κ2) is 6.08. The molecule has 5 heteroatoms. The van der Waals surface area contributed by atoms with Crippen molar-refractivity contribution >= 4 is 55.0 Å². The topological polar surface area (TPSA) is 31.2 Å². The molecule has 0 aliphatic carbocycles. The number of hydrogen-bond donors (Lipinski definition) is 0. The van der Waals surface area contributed by atoms with Gasteiger partial charge in [-0.05, 0) is 30.0 Å². The first-order valence-corrected chi connectivity index (χ1v) is 8.64. The summed E-state index contributed by atoms with van der Waals surface area (Å²) in [5.74, 6) is 0.596. The summed E-state index contributed by atoms with van der Waals surface area (Å²) in [6.45, 7) is 0. The van der Waals surface area contributed by atoms with Gasteiger partial charge in [-0.2, -0.15) is 4.98 Å². The average Bonchev–Trinajstić information content (AvgIpc) is 2.88. The fourth-order valence-corrected chi connectivity index (χ4v) is 4.10. The zero-order valence-electron chi connectivity index (χ0n) is 10.4. The first-order valence-electron chi connectivity index (χ1n) is 6.05. The number of H-pyrrole nitrogens is 1. The molecule has 0 unspecified atom stereocenters. The Morgan fingerprint density at radius 2 is 1.90 bits per heavy atom. The predicted molar refractivity (Wildman–Crippen MR) is 87.6 cm³/mol. The average molecular weight is 365 g/mol.